The SMILES string of the molecule is C[Si](C)(C)OCC(N=[N+]=[N-])c1ccc([N+](=O)[O-])cc1. The topological polar surface area (TPSA) is 101 Å². The van der Waals surface area contributed by atoms with Crippen LogP contribution in [0.4, 0.5) is 5.69 Å². The van der Waals surface area contributed by atoms with Crippen molar-refractivity contribution in [3.8, 4) is 0 Å². The highest BCUT2D eigenvalue weighted by atomic mass is 28.4. The number of benzene rings is 1. The zero-order valence-electron chi connectivity index (χ0n) is 11.1. The summed E-state index contributed by atoms with van der Waals surface area (Å²) in [6, 6.07) is 5.50. The highest BCUT2D eigenvalue weighted by Crippen LogP contribution is 2.22. The fraction of sp³-hybridized carbons (Fsp3) is 0.455. The van der Waals surface area contributed by atoms with Crippen LogP contribution in [-0.4, -0.2) is 19.8 Å². The van der Waals surface area contributed by atoms with Crippen molar-refractivity contribution in [1.29, 1.82) is 0 Å². The van der Waals surface area contributed by atoms with Crippen LogP contribution in [0.3, 0.4) is 0 Å². The first-order valence-electron chi connectivity index (χ1n) is 5.76. The summed E-state index contributed by atoms with van der Waals surface area (Å²) in [5, 5.41) is 14.2. The largest absolute Gasteiger partial charge is 0.417 e. The predicted molar refractivity (Wildman–Crippen MR) is 74.3 cm³/mol. The monoisotopic (exact) mass is 280 g/mol. The van der Waals surface area contributed by atoms with E-state index in [-0.39, 0.29) is 12.3 Å². The van der Waals surface area contributed by atoms with Gasteiger partial charge >= 0.3 is 0 Å². The zero-order chi connectivity index (χ0) is 14.5. The number of hydrogen-bond donors (Lipinski definition) is 0. The minimum atomic E-state index is -1.70. The van der Waals surface area contributed by atoms with Crippen molar-refractivity contribution in [1.82, 2.24) is 0 Å². The lowest BCUT2D eigenvalue weighted by Crippen LogP contribution is -2.27. The maximum atomic E-state index is 10.6. The minimum absolute atomic E-state index is 0.00884. The molecule has 0 aliphatic carbocycles. The Kier molecular flexibility index (Phi) is 5.05. The van der Waals surface area contributed by atoms with Gasteiger partial charge in [0.05, 0.1) is 11.0 Å². The first kappa shape index (κ1) is 15.2. The second kappa shape index (κ2) is 6.33. The van der Waals surface area contributed by atoms with Gasteiger partial charge in [-0.25, -0.2) is 0 Å². The Morgan fingerprint density at radius 1 is 1.42 bits per heavy atom. The third-order valence-electron chi connectivity index (χ3n) is 2.35. The molecule has 1 unspecified atom stereocenters. The molecular formula is C11H16N4O3Si. The van der Waals surface area contributed by atoms with Crippen molar-refractivity contribution in [2.24, 2.45) is 5.11 Å². The lowest BCUT2D eigenvalue weighted by Gasteiger charge is -2.20. The van der Waals surface area contributed by atoms with E-state index in [9.17, 15) is 10.1 Å². The van der Waals surface area contributed by atoms with Crippen molar-refractivity contribution in [3.63, 3.8) is 0 Å². The van der Waals surface area contributed by atoms with Crippen LogP contribution in [0.15, 0.2) is 29.4 Å². The fourth-order valence-electron chi connectivity index (χ4n) is 1.41. The van der Waals surface area contributed by atoms with Gasteiger partial charge < -0.3 is 4.43 Å². The van der Waals surface area contributed by atoms with Gasteiger partial charge in [-0.05, 0) is 30.7 Å². The molecule has 7 nitrogen and oxygen atoms in total. The molecule has 0 amide bonds. The normalized spacial score (nSPS) is 12.6. The van der Waals surface area contributed by atoms with Gasteiger partial charge in [-0.3, -0.25) is 10.1 Å². The number of hydrogen-bond acceptors (Lipinski definition) is 4. The molecule has 0 saturated heterocycles. The lowest BCUT2D eigenvalue weighted by atomic mass is 10.1. The predicted octanol–water partition coefficient (Wildman–Crippen LogP) is 3.80. The minimum Gasteiger partial charge on any atom is -0.417 e. The number of nitro benzene ring substituents is 1. The van der Waals surface area contributed by atoms with Gasteiger partial charge in [0, 0.05) is 23.7 Å². The van der Waals surface area contributed by atoms with Crippen LogP contribution in [0, 0.1) is 10.1 Å². The van der Waals surface area contributed by atoms with E-state index in [2.05, 4.69) is 10.0 Å². The molecule has 8 heteroatoms. The molecule has 0 saturated carbocycles. The third-order valence-corrected chi connectivity index (χ3v) is 3.39. The number of azide groups is 1. The quantitative estimate of drug-likeness (QED) is 0.198. The highest BCUT2D eigenvalue weighted by molar-refractivity contribution is 6.69. The Labute approximate surface area is 112 Å². The number of rotatable bonds is 6. The summed E-state index contributed by atoms with van der Waals surface area (Å²) in [6.07, 6.45) is 0. The Morgan fingerprint density at radius 2 is 2.00 bits per heavy atom. The van der Waals surface area contributed by atoms with Crippen LogP contribution in [0.2, 0.25) is 19.6 Å². The molecule has 1 rings (SSSR count). The second-order valence-electron chi connectivity index (χ2n) is 4.99. The van der Waals surface area contributed by atoms with E-state index < -0.39 is 19.3 Å². The number of nitrogens with zero attached hydrogens (tertiary/aromatic N) is 4. The molecule has 0 radical (unpaired) electrons. The van der Waals surface area contributed by atoms with E-state index in [0.717, 1.165) is 0 Å². The van der Waals surface area contributed by atoms with E-state index in [1.165, 1.54) is 12.1 Å². The number of non-ortho nitro benzene ring substituents is 1. The molecular weight excluding hydrogens is 264 g/mol. The molecule has 0 fully saturated rings. The summed E-state index contributed by atoms with van der Waals surface area (Å²) >= 11 is 0. The molecule has 0 bridgehead atoms. The highest BCUT2D eigenvalue weighted by Gasteiger charge is 2.18. The van der Waals surface area contributed by atoms with Crippen molar-refractivity contribution in [2.45, 2.75) is 25.7 Å². The van der Waals surface area contributed by atoms with E-state index in [1.807, 2.05) is 19.6 Å². The van der Waals surface area contributed by atoms with Crippen molar-refractivity contribution in [2.75, 3.05) is 6.61 Å². The summed E-state index contributed by atoms with van der Waals surface area (Å²) in [4.78, 5) is 12.9. The maximum absolute atomic E-state index is 10.6. The molecule has 1 atom stereocenters. The molecule has 102 valence electrons. The summed E-state index contributed by atoms with van der Waals surface area (Å²) in [5.74, 6) is 0. The van der Waals surface area contributed by atoms with Gasteiger partial charge in [0.1, 0.15) is 0 Å². The first-order chi connectivity index (χ1) is 8.83. The Bertz CT molecular complexity index is 492. The maximum Gasteiger partial charge on any atom is 0.269 e. The molecule has 0 aromatic heterocycles. The van der Waals surface area contributed by atoms with Crippen molar-refractivity contribution >= 4 is 14.0 Å². The average Bonchev–Trinajstić information content (AvgIpc) is 2.33. The van der Waals surface area contributed by atoms with Crippen molar-refractivity contribution < 1.29 is 9.35 Å². The summed E-state index contributed by atoms with van der Waals surface area (Å²) in [6.45, 7) is 6.40. The smallest absolute Gasteiger partial charge is 0.269 e. The fourth-order valence-corrected chi connectivity index (χ4v) is 2.06. The molecule has 0 spiro atoms. The molecule has 0 aliphatic rings. The Hall–Kier alpha value is -1.89. The summed E-state index contributed by atoms with van der Waals surface area (Å²) < 4.78 is 5.72. The van der Waals surface area contributed by atoms with Gasteiger partial charge in [0.15, 0.2) is 8.32 Å². The second-order valence-corrected chi connectivity index (χ2v) is 9.51. The molecule has 0 N–H and O–H groups in total. The molecule has 19 heavy (non-hydrogen) atoms. The first-order valence-corrected chi connectivity index (χ1v) is 9.17. The average molecular weight is 280 g/mol. The van der Waals surface area contributed by atoms with E-state index in [4.69, 9.17) is 9.96 Å². The van der Waals surface area contributed by atoms with Gasteiger partial charge in [-0.2, -0.15) is 0 Å². The molecule has 1 aromatic rings. The van der Waals surface area contributed by atoms with Crippen LogP contribution in [0.1, 0.15) is 11.6 Å². The standard InChI is InChI=1S/C11H16N4O3Si/c1-19(2,3)18-8-11(13-14-12)9-4-6-10(7-5-9)15(16)17/h4-7,11H,8H2,1-3H3. The molecule has 0 aliphatic heterocycles. The van der Waals surface area contributed by atoms with Gasteiger partial charge in [0.2, 0.25) is 0 Å². The Morgan fingerprint density at radius 3 is 2.42 bits per heavy atom. The van der Waals surface area contributed by atoms with Gasteiger partial charge in [-0.15, -0.1) is 0 Å². The van der Waals surface area contributed by atoms with Crippen LogP contribution in [-0.2, 0) is 4.43 Å². The van der Waals surface area contributed by atoms with Crippen LogP contribution in [0.5, 0.6) is 0 Å². The van der Waals surface area contributed by atoms with Gasteiger partial charge in [0.25, 0.3) is 5.69 Å². The van der Waals surface area contributed by atoms with E-state index in [0.29, 0.717) is 5.56 Å². The van der Waals surface area contributed by atoms with Crippen LogP contribution in [0.25, 0.3) is 10.4 Å². The molecule has 0 heterocycles. The van der Waals surface area contributed by atoms with Crippen LogP contribution >= 0.6 is 0 Å². The molecule has 1 aromatic carbocycles. The Balaban J connectivity index is 2.87. The van der Waals surface area contributed by atoms with E-state index in [1.54, 1.807) is 12.1 Å². The summed E-state index contributed by atoms with van der Waals surface area (Å²) in [7, 11) is -1.70. The third kappa shape index (κ3) is 5.08. The zero-order valence-corrected chi connectivity index (χ0v) is 12.1. The van der Waals surface area contributed by atoms with Gasteiger partial charge in [-0.1, -0.05) is 17.2 Å². The van der Waals surface area contributed by atoms with Crippen LogP contribution < -0.4 is 0 Å². The summed E-state index contributed by atoms with van der Waals surface area (Å²) in [5.41, 5.74) is 9.29. The number of nitro groups is 1. The van der Waals surface area contributed by atoms with Crippen molar-refractivity contribution in [3.05, 3.63) is 50.4 Å². The van der Waals surface area contributed by atoms with E-state index >= 15 is 0 Å². The lowest BCUT2D eigenvalue weighted by molar-refractivity contribution is -0.384.